The number of rotatable bonds is 0. The summed E-state index contributed by atoms with van der Waals surface area (Å²) >= 11 is 0. The molecule has 0 radical (unpaired) electrons. The number of imide groups is 1. The van der Waals surface area contributed by atoms with Crippen LogP contribution in [0.5, 0.6) is 0 Å². The van der Waals surface area contributed by atoms with Crippen LogP contribution in [-0.4, -0.2) is 18.2 Å². The zero-order chi connectivity index (χ0) is 7.56. The number of nitrogens with one attached hydrogen (secondary N) is 1. The molecule has 1 aliphatic heterocycles. The smallest absolute Gasteiger partial charge is 0.272 e. The Morgan fingerprint density at radius 3 is 2.80 bits per heavy atom. The fourth-order valence-corrected chi connectivity index (χ4v) is 0.594. The fourth-order valence-electron chi connectivity index (χ4n) is 0.594. The van der Waals surface area contributed by atoms with E-state index in [0.29, 0.717) is 5.57 Å². The first-order chi connectivity index (χ1) is 4.74. The van der Waals surface area contributed by atoms with Gasteiger partial charge in [-0.05, 0) is 6.92 Å². The summed E-state index contributed by atoms with van der Waals surface area (Å²) in [6, 6.07) is -0.601. The molecule has 0 unspecified atom stereocenters. The van der Waals surface area contributed by atoms with Crippen LogP contribution in [0.1, 0.15) is 6.92 Å². The number of carbonyl (C=O) groups is 2. The van der Waals surface area contributed by atoms with Crippen LogP contribution in [0.2, 0.25) is 0 Å². The second kappa shape index (κ2) is 2.43. The van der Waals surface area contributed by atoms with Crippen LogP contribution in [0.4, 0.5) is 4.79 Å². The highest BCUT2D eigenvalue weighted by molar-refractivity contribution is 6.21. The largest absolute Gasteiger partial charge is 0.347 e. The fraction of sp³-hybridized carbons (Fsp3) is 0.167. The second-order valence-corrected chi connectivity index (χ2v) is 1.76. The molecule has 1 heterocycles. The minimum Gasteiger partial charge on any atom is -0.272 e. The van der Waals surface area contributed by atoms with E-state index >= 15 is 0 Å². The van der Waals surface area contributed by atoms with Gasteiger partial charge in [0.1, 0.15) is 0 Å². The normalized spacial score (nSPS) is 21.5. The Morgan fingerprint density at radius 1 is 1.60 bits per heavy atom. The van der Waals surface area contributed by atoms with Gasteiger partial charge in [-0.2, -0.15) is 0 Å². The van der Waals surface area contributed by atoms with E-state index in [1.54, 1.807) is 13.0 Å². The van der Waals surface area contributed by atoms with E-state index in [1.807, 2.05) is 5.32 Å². The van der Waals surface area contributed by atoms with E-state index in [1.165, 1.54) is 6.21 Å². The molecule has 52 valence electrons. The number of carbonyl (C=O) groups excluding carboxylic acids is 2. The maximum Gasteiger partial charge on any atom is 0.347 e. The molecule has 0 aromatic rings. The highest BCUT2D eigenvalue weighted by Gasteiger charge is 2.14. The minimum atomic E-state index is -0.601. The lowest BCUT2D eigenvalue weighted by molar-refractivity contribution is -0.116. The predicted octanol–water partition coefficient (Wildman–Crippen LogP) is 0.253. The van der Waals surface area contributed by atoms with Crippen LogP contribution in [0.15, 0.2) is 16.6 Å². The number of hydrogen-bond donors (Lipinski definition) is 1. The topological polar surface area (TPSA) is 58.5 Å². The first-order valence-corrected chi connectivity index (χ1v) is 2.79. The van der Waals surface area contributed by atoms with Crippen molar-refractivity contribution in [2.75, 3.05) is 0 Å². The maximum atomic E-state index is 10.7. The van der Waals surface area contributed by atoms with E-state index < -0.39 is 6.03 Å². The van der Waals surface area contributed by atoms with E-state index in [-0.39, 0.29) is 5.91 Å². The lowest BCUT2D eigenvalue weighted by Gasteiger charge is -2.04. The van der Waals surface area contributed by atoms with Crippen molar-refractivity contribution < 1.29 is 9.59 Å². The lowest BCUT2D eigenvalue weighted by atomic mass is 10.2. The average molecular weight is 138 g/mol. The Morgan fingerprint density at radius 2 is 2.30 bits per heavy atom. The molecule has 3 amide bonds. The molecule has 0 aliphatic carbocycles. The molecule has 0 saturated heterocycles. The van der Waals surface area contributed by atoms with Crippen LogP contribution in [0.3, 0.4) is 0 Å². The van der Waals surface area contributed by atoms with Crippen molar-refractivity contribution >= 4 is 18.2 Å². The Kier molecular flexibility index (Phi) is 1.62. The number of amides is 3. The summed E-state index contributed by atoms with van der Waals surface area (Å²) in [6.07, 6.45) is 2.84. The van der Waals surface area contributed by atoms with Crippen LogP contribution in [0, 0.1) is 0 Å². The first-order valence-electron chi connectivity index (χ1n) is 2.79. The molecule has 0 spiro atoms. The molecular formula is C6H6N2O2. The van der Waals surface area contributed by atoms with Crippen molar-refractivity contribution in [2.45, 2.75) is 6.92 Å². The molecule has 0 aromatic heterocycles. The highest BCUT2D eigenvalue weighted by Crippen LogP contribution is 1.95. The van der Waals surface area contributed by atoms with Crippen molar-refractivity contribution in [2.24, 2.45) is 4.99 Å². The first kappa shape index (κ1) is 6.67. The molecule has 4 nitrogen and oxygen atoms in total. The van der Waals surface area contributed by atoms with Gasteiger partial charge in [-0.1, -0.05) is 6.08 Å². The van der Waals surface area contributed by atoms with Gasteiger partial charge in [-0.25, -0.2) is 9.79 Å². The van der Waals surface area contributed by atoms with Crippen molar-refractivity contribution in [3.05, 3.63) is 11.6 Å². The standard InChI is InChI=1S/C6H6N2O2/c1-2-4-3-7-6(10)8-5(4)9/h2-3H,1H3,(H,8,9,10). The molecule has 0 bridgehead atoms. The summed E-state index contributed by atoms with van der Waals surface area (Å²) in [5.74, 6) is -0.387. The van der Waals surface area contributed by atoms with Gasteiger partial charge in [0.2, 0.25) is 0 Å². The van der Waals surface area contributed by atoms with Crippen molar-refractivity contribution in [3.8, 4) is 0 Å². The molecule has 0 atom stereocenters. The van der Waals surface area contributed by atoms with Crippen molar-refractivity contribution in [1.82, 2.24) is 5.32 Å². The van der Waals surface area contributed by atoms with Crippen LogP contribution >= 0.6 is 0 Å². The van der Waals surface area contributed by atoms with Crippen LogP contribution in [0.25, 0.3) is 0 Å². The van der Waals surface area contributed by atoms with E-state index in [0.717, 1.165) is 0 Å². The lowest BCUT2D eigenvalue weighted by Crippen LogP contribution is -2.33. The molecule has 4 heteroatoms. The SMILES string of the molecule is CC=C1C=NC(=O)NC1=O. The Bertz CT molecular complexity index is 240. The highest BCUT2D eigenvalue weighted by atomic mass is 16.2. The third-order valence-electron chi connectivity index (χ3n) is 1.11. The Balaban J connectivity index is 2.93. The molecule has 0 aromatic carbocycles. The zero-order valence-corrected chi connectivity index (χ0v) is 5.42. The van der Waals surface area contributed by atoms with Gasteiger partial charge in [0, 0.05) is 6.21 Å². The summed E-state index contributed by atoms with van der Waals surface area (Å²) in [6.45, 7) is 1.71. The minimum absolute atomic E-state index is 0.387. The number of hydrogen-bond acceptors (Lipinski definition) is 2. The van der Waals surface area contributed by atoms with Crippen molar-refractivity contribution in [1.29, 1.82) is 0 Å². The van der Waals surface area contributed by atoms with Gasteiger partial charge in [0.05, 0.1) is 5.57 Å². The number of aliphatic imine (C=N–C) groups is 1. The molecule has 10 heavy (non-hydrogen) atoms. The van der Waals surface area contributed by atoms with Gasteiger partial charge >= 0.3 is 6.03 Å². The van der Waals surface area contributed by atoms with Gasteiger partial charge in [-0.15, -0.1) is 0 Å². The van der Waals surface area contributed by atoms with Crippen LogP contribution < -0.4 is 5.32 Å². The molecule has 1 rings (SSSR count). The second-order valence-electron chi connectivity index (χ2n) is 1.76. The molecular weight excluding hydrogens is 132 g/mol. The predicted molar refractivity (Wildman–Crippen MR) is 35.8 cm³/mol. The third-order valence-corrected chi connectivity index (χ3v) is 1.11. The summed E-state index contributed by atoms with van der Waals surface area (Å²) in [7, 11) is 0. The summed E-state index contributed by atoms with van der Waals surface area (Å²) in [5.41, 5.74) is 0.416. The number of nitrogens with zero attached hydrogens (tertiary/aromatic N) is 1. The maximum absolute atomic E-state index is 10.7. The van der Waals surface area contributed by atoms with Gasteiger partial charge < -0.3 is 0 Å². The molecule has 1 aliphatic rings. The Labute approximate surface area is 57.6 Å². The summed E-state index contributed by atoms with van der Waals surface area (Å²) < 4.78 is 0. The average Bonchev–Trinajstić information content (AvgIpc) is 1.88. The van der Waals surface area contributed by atoms with Gasteiger partial charge in [-0.3, -0.25) is 10.1 Å². The molecule has 0 fully saturated rings. The van der Waals surface area contributed by atoms with E-state index in [2.05, 4.69) is 4.99 Å². The van der Waals surface area contributed by atoms with E-state index in [9.17, 15) is 9.59 Å². The van der Waals surface area contributed by atoms with Crippen molar-refractivity contribution in [3.63, 3.8) is 0 Å². The van der Waals surface area contributed by atoms with E-state index in [4.69, 9.17) is 0 Å². The van der Waals surface area contributed by atoms with Gasteiger partial charge in [0.25, 0.3) is 5.91 Å². The number of allylic oxidation sites excluding steroid dienone is 1. The van der Waals surface area contributed by atoms with Gasteiger partial charge in [0.15, 0.2) is 0 Å². The number of urea groups is 1. The summed E-state index contributed by atoms with van der Waals surface area (Å²) in [4.78, 5) is 24.5. The Hall–Kier alpha value is -1.45. The zero-order valence-electron chi connectivity index (χ0n) is 5.42. The quantitative estimate of drug-likeness (QED) is 0.488. The molecule has 1 N–H and O–H groups in total. The monoisotopic (exact) mass is 138 g/mol. The summed E-state index contributed by atoms with van der Waals surface area (Å²) in [5, 5.41) is 2.04. The molecule has 0 saturated carbocycles. The van der Waals surface area contributed by atoms with Crippen LogP contribution in [-0.2, 0) is 4.79 Å². The third kappa shape index (κ3) is 1.10.